The van der Waals surface area contributed by atoms with Gasteiger partial charge in [0, 0.05) is 6.42 Å². The maximum Gasteiger partial charge on any atom is 0.324 e. The third-order valence-electron chi connectivity index (χ3n) is 1.73. The van der Waals surface area contributed by atoms with Gasteiger partial charge in [0.25, 0.3) is 0 Å². The Morgan fingerprint density at radius 3 is 2.77 bits per heavy atom. The van der Waals surface area contributed by atoms with Crippen molar-refractivity contribution in [2.24, 2.45) is 0 Å². The molecule has 6 heteroatoms. The Morgan fingerprint density at radius 2 is 2.31 bits per heavy atom. The number of cyclic esters (lactones) is 1. The van der Waals surface area contributed by atoms with Crippen LogP contribution in [-0.2, 0) is 19.6 Å². The van der Waals surface area contributed by atoms with Crippen LogP contribution in [0, 0.1) is 0 Å². The van der Waals surface area contributed by atoms with Crippen LogP contribution in [-0.4, -0.2) is 32.8 Å². The van der Waals surface area contributed by atoms with Crippen molar-refractivity contribution < 1.29 is 17.9 Å². The lowest BCUT2D eigenvalue weighted by atomic mass is 10.3. The van der Waals surface area contributed by atoms with E-state index in [1.807, 2.05) is 0 Å². The highest BCUT2D eigenvalue weighted by atomic mass is 32.2. The third kappa shape index (κ3) is 2.96. The molecule has 1 saturated heterocycles. The Morgan fingerprint density at radius 1 is 1.62 bits per heavy atom. The summed E-state index contributed by atoms with van der Waals surface area (Å²) in [6.07, 6.45) is 0.971. The fraction of sp³-hybridized carbons (Fsp3) is 0.857. The van der Waals surface area contributed by atoms with Gasteiger partial charge in [-0.1, -0.05) is 6.92 Å². The molecule has 0 saturated carbocycles. The van der Waals surface area contributed by atoms with Crippen LogP contribution in [0.5, 0.6) is 0 Å². The van der Waals surface area contributed by atoms with E-state index in [9.17, 15) is 13.2 Å². The Balaban J connectivity index is 2.52. The molecule has 0 aliphatic carbocycles. The van der Waals surface area contributed by atoms with E-state index >= 15 is 0 Å². The van der Waals surface area contributed by atoms with Gasteiger partial charge in [-0.15, -0.1) is 0 Å². The molecule has 0 spiro atoms. The minimum Gasteiger partial charge on any atom is -0.464 e. The molecule has 1 atom stereocenters. The summed E-state index contributed by atoms with van der Waals surface area (Å²) in [5.41, 5.74) is 0. The quantitative estimate of drug-likeness (QED) is 0.638. The number of carbonyl (C=O) groups excluding carboxylic acids is 1. The standard InChI is InChI=1S/C7H13NO4S/c1-2-5-13(10,11)8-6-3-4-12-7(6)9/h6,8H,2-5H2,1H3/t6-/m0/s1. The molecule has 0 unspecified atom stereocenters. The average molecular weight is 207 g/mol. The summed E-state index contributed by atoms with van der Waals surface area (Å²) < 4.78 is 29.4. The van der Waals surface area contributed by atoms with Crippen molar-refractivity contribution in [3.8, 4) is 0 Å². The highest BCUT2D eigenvalue weighted by molar-refractivity contribution is 7.89. The van der Waals surface area contributed by atoms with Crippen LogP contribution < -0.4 is 4.72 Å². The molecule has 0 aromatic rings. The first kappa shape index (κ1) is 10.5. The molecule has 0 amide bonds. The number of hydrogen-bond acceptors (Lipinski definition) is 4. The Hall–Kier alpha value is -0.620. The van der Waals surface area contributed by atoms with Gasteiger partial charge >= 0.3 is 5.97 Å². The zero-order valence-electron chi connectivity index (χ0n) is 7.45. The number of carbonyl (C=O) groups is 1. The SMILES string of the molecule is CCCS(=O)(=O)N[C@H]1CCOC1=O. The van der Waals surface area contributed by atoms with E-state index in [0.29, 0.717) is 19.4 Å². The summed E-state index contributed by atoms with van der Waals surface area (Å²) in [5, 5.41) is 0. The zero-order chi connectivity index (χ0) is 9.90. The predicted molar refractivity (Wildman–Crippen MR) is 46.6 cm³/mol. The summed E-state index contributed by atoms with van der Waals surface area (Å²) in [6.45, 7) is 2.07. The van der Waals surface area contributed by atoms with Gasteiger partial charge in [-0.2, -0.15) is 0 Å². The van der Waals surface area contributed by atoms with Gasteiger partial charge in [-0.3, -0.25) is 4.79 Å². The van der Waals surface area contributed by atoms with Crippen LogP contribution in [0.15, 0.2) is 0 Å². The second kappa shape index (κ2) is 4.06. The molecule has 1 heterocycles. The van der Waals surface area contributed by atoms with E-state index < -0.39 is 22.0 Å². The topological polar surface area (TPSA) is 72.5 Å². The lowest BCUT2D eigenvalue weighted by Gasteiger charge is -2.08. The highest BCUT2D eigenvalue weighted by Gasteiger charge is 2.29. The third-order valence-corrected chi connectivity index (χ3v) is 3.32. The van der Waals surface area contributed by atoms with Crippen LogP contribution in [0.25, 0.3) is 0 Å². The molecule has 1 N–H and O–H groups in total. The largest absolute Gasteiger partial charge is 0.464 e. The maximum absolute atomic E-state index is 11.2. The highest BCUT2D eigenvalue weighted by Crippen LogP contribution is 2.07. The predicted octanol–water partition coefficient (Wildman–Crippen LogP) is -0.369. The van der Waals surface area contributed by atoms with Crippen LogP contribution in [0.2, 0.25) is 0 Å². The van der Waals surface area contributed by atoms with Crippen molar-refractivity contribution in [3.63, 3.8) is 0 Å². The molecule has 1 aliphatic rings. The monoisotopic (exact) mass is 207 g/mol. The van der Waals surface area contributed by atoms with Gasteiger partial charge in [0.2, 0.25) is 10.0 Å². The maximum atomic E-state index is 11.2. The minimum atomic E-state index is -3.30. The molecular weight excluding hydrogens is 194 g/mol. The first-order chi connectivity index (χ1) is 6.05. The second-order valence-electron chi connectivity index (χ2n) is 2.95. The number of hydrogen-bond donors (Lipinski definition) is 1. The molecule has 5 nitrogen and oxygen atoms in total. The molecule has 0 aromatic carbocycles. The van der Waals surface area contributed by atoms with E-state index in [0.717, 1.165) is 0 Å². The van der Waals surface area contributed by atoms with Crippen molar-refractivity contribution in [2.75, 3.05) is 12.4 Å². The van der Waals surface area contributed by atoms with Crippen molar-refractivity contribution in [1.82, 2.24) is 4.72 Å². The second-order valence-corrected chi connectivity index (χ2v) is 4.82. The normalized spacial score (nSPS) is 23.2. The Labute approximate surface area is 77.5 Å². The number of rotatable bonds is 4. The molecular formula is C7H13NO4S. The first-order valence-electron chi connectivity index (χ1n) is 4.22. The number of esters is 1. The van der Waals surface area contributed by atoms with Gasteiger partial charge < -0.3 is 4.74 Å². The van der Waals surface area contributed by atoms with Gasteiger partial charge in [0.15, 0.2) is 0 Å². The van der Waals surface area contributed by atoms with Crippen molar-refractivity contribution in [2.45, 2.75) is 25.8 Å². The van der Waals surface area contributed by atoms with Crippen LogP contribution >= 0.6 is 0 Å². The van der Waals surface area contributed by atoms with Gasteiger partial charge in [-0.05, 0) is 6.42 Å². The summed E-state index contributed by atoms with van der Waals surface area (Å²) in [6, 6.07) is -0.670. The minimum absolute atomic E-state index is 0.0524. The van der Waals surface area contributed by atoms with Crippen molar-refractivity contribution in [3.05, 3.63) is 0 Å². The van der Waals surface area contributed by atoms with E-state index in [1.54, 1.807) is 6.92 Å². The molecule has 1 rings (SSSR count). The van der Waals surface area contributed by atoms with E-state index in [2.05, 4.69) is 9.46 Å². The lowest BCUT2D eigenvalue weighted by molar-refractivity contribution is -0.139. The van der Waals surface area contributed by atoms with E-state index in [1.165, 1.54) is 0 Å². The zero-order valence-corrected chi connectivity index (χ0v) is 8.26. The van der Waals surface area contributed by atoms with E-state index in [4.69, 9.17) is 0 Å². The first-order valence-corrected chi connectivity index (χ1v) is 5.87. The number of nitrogens with one attached hydrogen (secondary N) is 1. The molecule has 76 valence electrons. The fourth-order valence-electron chi connectivity index (χ4n) is 1.15. The van der Waals surface area contributed by atoms with Crippen molar-refractivity contribution >= 4 is 16.0 Å². The van der Waals surface area contributed by atoms with Gasteiger partial charge in [0.05, 0.1) is 12.4 Å². The van der Waals surface area contributed by atoms with Crippen LogP contribution in [0.3, 0.4) is 0 Å². The molecule has 0 bridgehead atoms. The van der Waals surface area contributed by atoms with Crippen LogP contribution in [0.1, 0.15) is 19.8 Å². The summed E-state index contributed by atoms with van der Waals surface area (Å²) in [4.78, 5) is 10.9. The lowest BCUT2D eigenvalue weighted by Crippen LogP contribution is -2.39. The molecule has 0 aromatic heterocycles. The van der Waals surface area contributed by atoms with E-state index in [-0.39, 0.29) is 5.75 Å². The fourth-order valence-corrected chi connectivity index (χ4v) is 2.45. The summed E-state index contributed by atoms with van der Waals surface area (Å²) in [7, 11) is -3.30. The van der Waals surface area contributed by atoms with Crippen molar-refractivity contribution in [1.29, 1.82) is 0 Å². The average Bonchev–Trinajstić information content (AvgIpc) is 2.35. The molecule has 0 radical (unpaired) electrons. The number of ether oxygens (including phenoxy) is 1. The molecule has 1 fully saturated rings. The van der Waals surface area contributed by atoms with Crippen LogP contribution in [0.4, 0.5) is 0 Å². The van der Waals surface area contributed by atoms with Gasteiger partial charge in [0.1, 0.15) is 6.04 Å². The summed E-state index contributed by atoms with van der Waals surface area (Å²) >= 11 is 0. The Kier molecular flexibility index (Phi) is 3.27. The molecule has 1 aliphatic heterocycles. The molecule has 13 heavy (non-hydrogen) atoms. The van der Waals surface area contributed by atoms with Gasteiger partial charge in [-0.25, -0.2) is 13.1 Å². The Bertz CT molecular complexity index is 285. The number of sulfonamides is 1. The smallest absolute Gasteiger partial charge is 0.324 e. The summed E-state index contributed by atoms with van der Waals surface area (Å²) in [5.74, 6) is -0.420.